The summed E-state index contributed by atoms with van der Waals surface area (Å²) in [4.78, 5) is 17.3. The molecule has 1 aromatic carbocycles. The Kier molecular flexibility index (Phi) is 8.17. The summed E-state index contributed by atoms with van der Waals surface area (Å²) in [6, 6.07) is 5.77. The second-order valence-corrected chi connectivity index (χ2v) is 14.9. The molecule has 1 amide bonds. The van der Waals surface area contributed by atoms with Gasteiger partial charge in [-0.3, -0.25) is 9.10 Å². The van der Waals surface area contributed by atoms with Crippen molar-refractivity contribution in [2.75, 3.05) is 37.7 Å². The fraction of sp³-hybridized carbons (Fsp3) is 0.714. The molecule has 10 heteroatoms. The fourth-order valence-corrected chi connectivity index (χ4v) is 6.60. The Bertz CT molecular complexity index is 1240. The molecule has 0 aliphatic carbocycles. The zero-order valence-corrected chi connectivity index (χ0v) is 24.9. The van der Waals surface area contributed by atoms with Gasteiger partial charge in [0.15, 0.2) is 0 Å². The Morgan fingerprint density at radius 2 is 1.71 bits per heavy atom. The summed E-state index contributed by atoms with van der Waals surface area (Å²) in [6.07, 6.45) is 3.27. The highest BCUT2D eigenvalue weighted by Gasteiger charge is 2.34. The topological polar surface area (TPSA) is 96.8 Å². The van der Waals surface area contributed by atoms with Crippen LogP contribution in [0.4, 0.5) is 5.69 Å². The smallest absolute Gasteiger partial charge is 0.303 e. The van der Waals surface area contributed by atoms with Crippen molar-refractivity contribution in [3.63, 3.8) is 0 Å². The van der Waals surface area contributed by atoms with Gasteiger partial charge in [-0.2, -0.15) is 12.7 Å². The van der Waals surface area contributed by atoms with Gasteiger partial charge >= 0.3 is 10.2 Å². The Morgan fingerprint density at radius 3 is 2.29 bits per heavy atom. The lowest BCUT2D eigenvalue weighted by molar-refractivity contribution is -0.129. The number of nitrogens with one attached hydrogen (secondary N) is 1. The first kappa shape index (κ1) is 28.8. The third-order valence-electron chi connectivity index (χ3n) is 7.69. The maximum absolute atomic E-state index is 13.5. The van der Waals surface area contributed by atoms with E-state index in [1.54, 1.807) is 7.05 Å². The van der Waals surface area contributed by atoms with E-state index in [1.165, 1.54) is 8.61 Å². The molecular weight excluding hydrogens is 502 g/mol. The number of hydrogen-bond donors (Lipinski definition) is 1. The van der Waals surface area contributed by atoms with Crippen LogP contribution in [0.25, 0.3) is 11.0 Å². The summed E-state index contributed by atoms with van der Waals surface area (Å²) >= 11 is 0. The molecule has 1 N–H and O–H groups in total. The van der Waals surface area contributed by atoms with Crippen LogP contribution in [0, 0.1) is 11.3 Å². The van der Waals surface area contributed by atoms with Crippen molar-refractivity contribution in [3.8, 4) is 0 Å². The van der Waals surface area contributed by atoms with Gasteiger partial charge < -0.3 is 14.6 Å². The highest BCUT2D eigenvalue weighted by molar-refractivity contribution is 7.90. The van der Waals surface area contributed by atoms with Gasteiger partial charge in [-0.1, -0.05) is 41.5 Å². The van der Waals surface area contributed by atoms with Crippen LogP contribution in [0.2, 0.25) is 0 Å². The van der Waals surface area contributed by atoms with E-state index in [2.05, 4.69) is 30.7 Å². The van der Waals surface area contributed by atoms with E-state index in [-0.39, 0.29) is 17.4 Å². The molecular formula is C28H45N5O4S. The third-order valence-corrected chi connectivity index (χ3v) is 9.61. The summed E-state index contributed by atoms with van der Waals surface area (Å²) in [6.45, 7) is 15.4. The van der Waals surface area contributed by atoms with Crippen LogP contribution >= 0.6 is 0 Å². The number of piperidine rings is 1. The number of carbonyl (C=O) groups excluding carboxylic acids is 1. The first-order valence-electron chi connectivity index (χ1n) is 13.8. The van der Waals surface area contributed by atoms with Crippen LogP contribution in [0.3, 0.4) is 0 Å². The highest BCUT2D eigenvalue weighted by atomic mass is 32.2. The van der Waals surface area contributed by atoms with Crippen LogP contribution in [0.1, 0.15) is 73.1 Å². The molecule has 2 aromatic rings. The first-order valence-corrected chi connectivity index (χ1v) is 15.2. The van der Waals surface area contributed by atoms with Crippen LogP contribution < -0.4 is 9.62 Å². The third kappa shape index (κ3) is 6.18. The lowest BCUT2D eigenvalue weighted by Gasteiger charge is -2.35. The largest absolute Gasteiger partial charge is 0.381 e. The van der Waals surface area contributed by atoms with Gasteiger partial charge in [0.25, 0.3) is 0 Å². The van der Waals surface area contributed by atoms with E-state index in [4.69, 9.17) is 9.72 Å². The van der Waals surface area contributed by atoms with Gasteiger partial charge in [-0.05, 0) is 49.8 Å². The first-order chi connectivity index (χ1) is 17.7. The minimum Gasteiger partial charge on any atom is -0.381 e. The van der Waals surface area contributed by atoms with E-state index in [1.807, 2.05) is 39.0 Å². The number of fused-ring (bicyclic) bond motifs is 1. The minimum atomic E-state index is -3.71. The molecule has 9 nitrogen and oxygen atoms in total. The van der Waals surface area contributed by atoms with Gasteiger partial charge in [-0.25, -0.2) is 4.98 Å². The van der Waals surface area contributed by atoms with E-state index < -0.39 is 15.6 Å². The van der Waals surface area contributed by atoms with E-state index in [0.29, 0.717) is 37.5 Å². The summed E-state index contributed by atoms with van der Waals surface area (Å²) in [5.74, 6) is 1.55. The van der Waals surface area contributed by atoms with E-state index in [9.17, 15) is 13.2 Å². The molecule has 2 aliphatic rings. The molecule has 0 spiro atoms. The molecule has 2 aliphatic heterocycles. The average molecular weight is 548 g/mol. The maximum Gasteiger partial charge on any atom is 0.303 e. The summed E-state index contributed by atoms with van der Waals surface area (Å²) in [5.41, 5.74) is 1.83. The predicted molar refractivity (Wildman–Crippen MR) is 151 cm³/mol. The van der Waals surface area contributed by atoms with Crippen molar-refractivity contribution in [2.24, 2.45) is 11.3 Å². The van der Waals surface area contributed by atoms with Crippen molar-refractivity contribution in [3.05, 3.63) is 24.0 Å². The summed E-state index contributed by atoms with van der Waals surface area (Å²) in [5, 5.41) is 3.07. The Labute approximate surface area is 228 Å². The van der Waals surface area contributed by atoms with Crippen molar-refractivity contribution < 1.29 is 17.9 Å². The number of aromatic nitrogens is 2. The molecule has 0 bridgehead atoms. The van der Waals surface area contributed by atoms with Gasteiger partial charge in [0.05, 0.1) is 16.7 Å². The Morgan fingerprint density at radius 1 is 1.08 bits per heavy atom. The lowest BCUT2D eigenvalue weighted by Crippen LogP contribution is -2.51. The quantitative estimate of drug-likeness (QED) is 0.588. The standard InChI is InChI=1S/C28H45N5O4S/c1-27(2,3)25-30-23-18-22(8-9-24(23)33(25)19-20-12-16-37-17-13-20)31(7)38(35,36)32-14-10-21(11-15-32)29-26(34)28(4,5)6/h8-9,18,20-21H,10-17,19H2,1-7H3,(H,29,34). The van der Waals surface area contributed by atoms with Gasteiger partial charge in [0.2, 0.25) is 5.91 Å². The number of carbonyl (C=O) groups is 1. The monoisotopic (exact) mass is 547 g/mol. The van der Waals surface area contributed by atoms with Gasteiger partial charge in [0.1, 0.15) is 5.82 Å². The zero-order valence-electron chi connectivity index (χ0n) is 24.1. The van der Waals surface area contributed by atoms with E-state index in [0.717, 1.165) is 49.5 Å². The number of rotatable bonds is 6. The molecule has 0 unspecified atom stereocenters. The van der Waals surface area contributed by atoms with Gasteiger partial charge in [0, 0.05) is 56.8 Å². The Hall–Kier alpha value is -2.17. The molecule has 0 radical (unpaired) electrons. The average Bonchev–Trinajstić information content (AvgIpc) is 3.22. The molecule has 4 rings (SSSR count). The molecule has 212 valence electrons. The molecule has 38 heavy (non-hydrogen) atoms. The van der Waals surface area contributed by atoms with Crippen LogP contribution in [-0.2, 0) is 31.7 Å². The van der Waals surface area contributed by atoms with Crippen LogP contribution in [-0.4, -0.2) is 67.6 Å². The molecule has 3 heterocycles. The second kappa shape index (κ2) is 10.8. The number of anilines is 1. The predicted octanol–water partition coefficient (Wildman–Crippen LogP) is 4.07. The normalized spacial score (nSPS) is 19.1. The van der Waals surface area contributed by atoms with Crippen molar-refractivity contribution in [1.82, 2.24) is 19.2 Å². The second-order valence-electron chi connectivity index (χ2n) is 12.9. The zero-order chi connectivity index (χ0) is 27.9. The van der Waals surface area contributed by atoms with Gasteiger partial charge in [-0.15, -0.1) is 0 Å². The summed E-state index contributed by atoms with van der Waals surface area (Å²) in [7, 11) is -2.11. The number of ether oxygens (including phenoxy) is 1. The number of imidazole rings is 1. The van der Waals surface area contributed by atoms with Crippen LogP contribution in [0.5, 0.6) is 0 Å². The maximum atomic E-state index is 13.5. The van der Waals surface area contributed by atoms with Crippen molar-refractivity contribution >= 4 is 32.8 Å². The highest BCUT2D eigenvalue weighted by Crippen LogP contribution is 2.32. The van der Waals surface area contributed by atoms with Crippen molar-refractivity contribution in [2.45, 2.75) is 85.2 Å². The number of benzene rings is 1. The molecule has 2 saturated heterocycles. The molecule has 0 saturated carbocycles. The molecule has 2 fully saturated rings. The lowest BCUT2D eigenvalue weighted by atomic mass is 9.94. The summed E-state index contributed by atoms with van der Waals surface area (Å²) < 4.78 is 37.8. The van der Waals surface area contributed by atoms with Crippen LogP contribution in [0.15, 0.2) is 18.2 Å². The number of nitrogens with zero attached hydrogens (tertiary/aromatic N) is 4. The van der Waals surface area contributed by atoms with Crippen molar-refractivity contribution in [1.29, 1.82) is 0 Å². The fourth-order valence-electron chi connectivity index (χ4n) is 5.20. The number of amides is 1. The SMILES string of the molecule is CN(c1ccc2c(c1)nc(C(C)(C)C)n2CC1CCOCC1)S(=O)(=O)N1CCC(NC(=O)C(C)(C)C)CC1. The Balaban J connectivity index is 1.52. The molecule has 0 atom stereocenters. The molecule has 1 aromatic heterocycles. The minimum absolute atomic E-state index is 0.00453. The number of hydrogen-bond acceptors (Lipinski definition) is 5. The van der Waals surface area contributed by atoms with E-state index >= 15 is 0 Å².